The van der Waals surface area contributed by atoms with Gasteiger partial charge in [0.25, 0.3) is 0 Å². The predicted octanol–water partition coefficient (Wildman–Crippen LogP) is 3.96. The van der Waals surface area contributed by atoms with E-state index >= 15 is 0 Å². The number of fused-ring (bicyclic) bond motifs is 1. The summed E-state index contributed by atoms with van der Waals surface area (Å²) < 4.78 is 45.6. The van der Waals surface area contributed by atoms with E-state index in [0.29, 0.717) is 16.7 Å². The highest BCUT2D eigenvalue weighted by Crippen LogP contribution is 2.33. The van der Waals surface area contributed by atoms with Crippen molar-refractivity contribution in [2.24, 2.45) is 11.7 Å². The van der Waals surface area contributed by atoms with Crippen molar-refractivity contribution >= 4 is 23.1 Å². The van der Waals surface area contributed by atoms with Gasteiger partial charge in [0.2, 0.25) is 11.8 Å². The number of amides is 1. The summed E-state index contributed by atoms with van der Waals surface area (Å²) in [5.41, 5.74) is 5.73. The number of ether oxygens (including phenoxy) is 1. The summed E-state index contributed by atoms with van der Waals surface area (Å²) >= 11 is 0. The maximum absolute atomic E-state index is 13.4. The lowest BCUT2D eigenvalue weighted by Gasteiger charge is -2.14. The first kappa shape index (κ1) is 21.3. The number of pyridine rings is 1. The molecule has 3 rings (SSSR count). The monoisotopic (exact) mass is 419 g/mol. The fourth-order valence-corrected chi connectivity index (χ4v) is 2.57. The van der Waals surface area contributed by atoms with Crippen LogP contribution in [0.2, 0.25) is 0 Å². The largest absolute Gasteiger partial charge is 0.477 e. The summed E-state index contributed by atoms with van der Waals surface area (Å²) in [5, 5.41) is 0. The third-order valence-corrected chi connectivity index (χ3v) is 4.44. The number of primary amides is 1. The number of rotatable bonds is 7. The Kier molecular flexibility index (Phi) is 6.04. The molecule has 0 aromatic carbocycles. The number of H-pyrrole nitrogens is 1. The molecule has 7 nitrogen and oxygen atoms in total. The minimum atomic E-state index is -4.65. The van der Waals surface area contributed by atoms with E-state index in [9.17, 15) is 18.0 Å². The highest BCUT2D eigenvalue weighted by molar-refractivity contribution is 5.93. The van der Waals surface area contributed by atoms with Gasteiger partial charge in [0.1, 0.15) is 11.2 Å². The zero-order valence-electron chi connectivity index (χ0n) is 16.3. The Hall–Kier alpha value is -3.43. The fourth-order valence-electron chi connectivity index (χ4n) is 2.57. The van der Waals surface area contributed by atoms with Crippen molar-refractivity contribution in [2.75, 3.05) is 6.61 Å². The van der Waals surface area contributed by atoms with E-state index in [4.69, 9.17) is 10.5 Å². The van der Waals surface area contributed by atoms with Crippen LogP contribution in [-0.4, -0.2) is 32.4 Å². The molecule has 3 heterocycles. The molecule has 1 atom stereocenters. The standard InChI is InChI=1S/C20H20F3N5O2/c1-3-11(2)10-30-17-7-13(6-15(28-17)20(21,22)23)14-9-26-19-18(27-14)12(8-25-19)4-5-16(24)29/h4-9,11H,3,10H2,1-2H3,(H2,24,29)(H,25,26). The second kappa shape index (κ2) is 8.52. The molecule has 1 amide bonds. The number of carbonyl (C=O) groups is 1. The normalized spacial score (nSPS) is 13.1. The number of aromatic nitrogens is 4. The first-order valence-corrected chi connectivity index (χ1v) is 9.21. The van der Waals surface area contributed by atoms with Crippen LogP contribution in [0.5, 0.6) is 5.88 Å². The molecule has 0 aliphatic rings. The Balaban J connectivity index is 2.05. The number of nitrogens with one attached hydrogen (secondary N) is 1. The van der Waals surface area contributed by atoms with Crippen LogP contribution in [-0.2, 0) is 11.0 Å². The summed E-state index contributed by atoms with van der Waals surface area (Å²) in [6, 6.07) is 2.30. The quantitative estimate of drug-likeness (QED) is 0.564. The molecular weight excluding hydrogens is 399 g/mol. The Labute approximate surface area is 170 Å². The van der Waals surface area contributed by atoms with Gasteiger partial charge in [0.15, 0.2) is 5.65 Å². The van der Waals surface area contributed by atoms with Gasteiger partial charge in [-0.1, -0.05) is 20.3 Å². The number of hydrogen-bond acceptors (Lipinski definition) is 5. The fraction of sp³-hybridized carbons (Fsp3) is 0.300. The molecule has 0 bridgehead atoms. The average molecular weight is 419 g/mol. The molecule has 0 aliphatic carbocycles. The van der Waals surface area contributed by atoms with Gasteiger partial charge in [0.05, 0.1) is 18.5 Å². The molecule has 3 N–H and O–H groups in total. The summed E-state index contributed by atoms with van der Waals surface area (Å²) in [7, 11) is 0. The minimum Gasteiger partial charge on any atom is -0.477 e. The second-order valence-electron chi connectivity index (χ2n) is 6.83. The van der Waals surface area contributed by atoms with E-state index in [1.807, 2.05) is 13.8 Å². The lowest BCUT2D eigenvalue weighted by Crippen LogP contribution is -2.12. The van der Waals surface area contributed by atoms with Crippen LogP contribution >= 0.6 is 0 Å². The van der Waals surface area contributed by atoms with Crippen molar-refractivity contribution in [1.29, 1.82) is 0 Å². The second-order valence-corrected chi connectivity index (χ2v) is 6.83. The van der Waals surface area contributed by atoms with Gasteiger partial charge in [-0.15, -0.1) is 0 Å². The number of halogens is 3. The molecule has 0 fully saturated rings. The summed E-state index contributed by atoms with van der Waals surface area (Å²) in [6.45, 7) is 4.14. The van der Waals surface area contributed by atoms with E-state index in [2.05, 4.69) is 19.9 Å². The van der Waals surface area contributed by atoms with Crippen LogP contribution in [0.1, 0.15) is 31.5 Å². The molecule has 0 saturated heterocycles. The van der Waals surface area contributed by atoms with Crippen molar-refractivity contribution in [1.82, 2.24) is 19.9 Å². The predicted molar refractivity (Wildman–Crippen MR) is 105 cm³/mol. The Morgan fingerprint density at radius 2 is 2.10 bits per heavy atom. The molecule has 10 heteroatoms. The molecule has 0 aliphatic heterocycles. The number of carbonyl (C=O) groups excluding carboxylic acids is 1. The summed E-state index contributed by atoms with van der Waals surface area (Å²) in [4.78, 5) is 26.1. The van der Waals surface area contributed by atoms with E-state index in [1.54, 1.807) is 6.20 Å². The maximum Gasteiger partial charge on any atom is 0.433 e. The third kappa shape index (κ3) is 4.94. The van der Waals surface area contributed by atoms with Crippen LogP contribution in [0.25, 0.3) is 28.5 Å². The highest BCUT2D eigenvalue weighted by atomic mass is 19.4. The molecule has 0 spiro atoms. The van der Waals surface area contributed by atoms with Gasteiger partial charge >= 0.3 is 6.18 Å². The van der Waals surface area contributed by atoms with Crippen LogP contribution in [0.3, 0.4) is 0 Å². The van der Waals surface area contributed by atoms with Crippen molar-refractivity contribution in [2.45, 2.75) is 26.4 Å². The molecule has 158 valence electrons. The zero-order valence-corrected chi connectivity index (χ0v) is 16.3. The lowest BCUT2D eigenvalue weighted by molar-refractivity contribution is -0.141. The zero-order chi connectivity index (χ0) is 21.9. The third-order valence-electron chi connectivity index (χ3n) is 4.44. The molecule has 3 aromatic heterocycles. The summed E-state index contributed by atoms with van der Waals surface area (Å²) in [6.07, 6.45) is 1.71. The lowest BCUT2D eigenvalue weighted by atomic mass is 10.1. The average Bonchev–Trinajstić information content (AvgIpc) is 3.11. The highest BCUT2D eigenvalue weighted by Gasteiger charge is 2.34. The number of hydrogen-bond donors (Lipinski definition) is 2. The SMILES string of the molecule is CCC(C)COc1cc(-c2cnc3[nH]cc(C=CC(N)=O)c3n2)cc(C(F)(F)F)n1. The minimum absolute atomic E-state index is 0.134. The van der Waals surface area contributed by atoms with Crippen LogP contribution < -0.4 is 10.5 Å². The number of aromatic amines is 1. The molecular formula is C20H20F3N5O2. The van der Waals surface area contributed by atoms with Crippen LogP contribution in [0.15, 0.2) is 30.6 Å². The van der Waals surface area contributed by atoms with E-state index in [-0.39, 0.29) is 29.7 Å². The van der Waals surface area contributed by atoms with E-state index < -0.39 is 17.8 Å². The van der Waals surface area contributed by atoms with Crippen molar-refractivity contribution < 1.29 is 22.7 Å². The maximum atomic E-state index is 13.4. The topological polar surface area (TPSA) is 107 Å². The first-order chi connectivity index (χ1) is 14.2. The molecule has 0 saturated carbocycles. The molecule has 30 heavy (non-hydrogen) atoms. The van der Waals surface area contributed by atoms with Gasteiger partial charge < -0.3 is 15.5 Å². The number of nitrogens with two attached hydrogens (primary N) is 1. The molecule has 1 unspecified atom stereocenters. The van der Waals surface area contributed by atoms with Crippen LogP contribution in [0.4, 0.5) is 13.2 Å². The van der Waals surface area contributed by atoms with Crippen molar-refractivity contribution in [3.8, 4) is 17.1 Å². The number of alkyl halides is 3. The summed E-state index contributed by atoms with van der Waals surface area (Å²) in [5.74, 6) is -0.606. The molecule has 3 aromatic rings. The van der Waals surface area contributed by atoms with Crippen molar-refractivity contribution in [3.05, 3.63) is 41.9 Å². The Morgan fingerprint density at radius 1 is 1.33 bits per heavy atom. The Bertz CT molecular complexity index is 1090. The van der Waals surface area contributed by atoms with Gasteiger partial charge in [-0.25, -0.2) is 15.0 Å². The van der Waals surface area contributed by atoms with Gasteiger partial charge in [0, 0.05) is 29.5 Å². The van der Waals surface area contributed by atoms with Gasteiger partial charge in [-0.3, -0.25) is 4.79 Å². The van der Waals surface area contributed by atoms with Gasteiger partial charge in [-0.2, -0.15) is 13.2 Å². The smallest absolute Gasteiger partial charge is 0.433 e. The molecule has 0 radical (unpaired) electrons. The van der Waals surface area contributed by atoms with E-state index in [1.165, 1.54) is 18.3 Å². The van der Waals surface area contributed by atoms with E-state index in [0.717, 1.165) is 18.6 Å². The van der Waals surface area contributed by atoms with Crippen LogP contribution in [0, 0.1) is 5.92 Å². The van der Waals surface area contributed by atoms with Gasteiger partial charge in [-0.05, 0) is 18.1 Å². The number of nitrogens with zero attached hydrogens (tertiary/aromatic N) is 3. The Morgan fingerprint density at radius 3 is 2.77 bits per heavy atom. The first-order valence-electron chi connectivity index (χ1n) is 9.21. The van der Waals surface area contributed by atoms with Crippen molar-refractivity contribution in [3.63, 3.8) is 0 Å².